The molecule has 1 atom stereocenters. The second-order valence-electron chi connectivity index (χ2n) is 9.61. The van der Waals surface area contributed by atoms with Crippen molar-refractivity contribution in [2.24, 2.45) is 7.05 Å². The number of piperazine rings is 1. The average Bonchev–Trinajstić information content (AvgIpc) is 3.03. The van der Waals surface area contributed by atoms with Gasteiger partial charge in [-0.15, -0.1) is 13.2 Å². The number of likely N-dealkylation sites (N-methyl/N-ethyl adjacent to an activating group) is 2. The Bertz CT molecular complexity index is 1030. The van der Waals surface area contributed by atoms with E-state index in [0.29, 0.717) is 6.04 Å². The largest absolute Gasteiger partial charge is 0.372 e. The summed E-state index contributed by atoms with van der Waals surface area (Å²) in [5.41, 5.74) is 6.66. The summed E-state index contributed by atoms with van der Waals surface area (Å²) in [6.45, 7) is 15.0. The normalized spacial score (nSPS) is 19.7. The maximum atomic E-state index is 5.05. The third-order valence-corrected chi connectivity index (χ3v) is 7.51. The molecule has 1 saturated heterocycles. The minimum Gasteiger partial charge on any atom is -0.372 e. The fraction of sp³-hybridized carbons (Fsp3) is 0.552. The summed E-state index contributed by atoms with van der Waals surface area (Å²) in [5, 5.41) is 8.41. The highest BCUT2D eigenvalue weighted by molar-refractivity contribution is 5.84. The molecule has 1 unspecified atom stereocenters. The monoisotopic (exact) mass is 478 g/mol. The highest BCUT2D eigenvalue weighted by Crippen LogP contribution is 2.31. The summed E-state index contributed by atoms with van der Waals surface area (Å²) in [5.74, 6) is 0.933. The molecule has 2 aromatic rings. The molecule has 1 aliphatic carbocycles. The Morgan fingerprint density at radius 2 is 1.83 bits per heavy atom. The maximum Gasteiger partial charge on any atom is 0.142 e. The SMILES string of the molecule is C=C.CC/C(=C\C=C(/CC)N1CCN(C)CC1)Nc1ccc2c3c(n(C)c2n1)CCCC(NC)C3. The van der Waals surface area contributed by atoms with Gasteiger partial charge in [0.25, 0.3) is 0 Å². The minimum absolute atomic E-state index is 0.559. The fourth-order valence-electron chi connectivity index (χ4n) is 5.30. The summed E-state index contributed by atoms with van der Waals surface area (Å²) in [6.07, 6.45) is 11.3. The van der Waals surface area contributed by atoms with Crippen LogP contribution in [0.4, 0.5) is 5.82 Å². The molecular formula is C29H46N6. The van der Waals surface area contributed by atoms with Crippen LogP contribution in [-0.4, -0.2) is 65.7 Å². The van der Waals surface area contributed by atoms with E-state index in [4.69, 9.17) is 4.98 Å². The summed E-state index contributed by atoms with van der Waals surface area (Å²) < 4.78 is 2.33. The minimum atomic E-state index is 0.559. The van der Waals surface area contributed by atoms with Gasteiger partial charge in [-0.05, 0) is 82.5 Å². The van der Waals surface area contributed by atoms with Gasteiger partial charge >= 0.3 is 0 Å². The predicted octanol–water partition coefficient (Wildman–Crippen LogP) is 5.09. The third-order valence-electron chi connectivity index (χ3n) is 7.51. The van der Waals surface area contributed by atoms with Crippen LogP contribution in [-0.2, 0) is 19.9 Å². The van der Waals surface area contributed by atoms with Gasteiger partial charge in [0.1, 0.15) is 11.5 Å². The van der Waals surface area contributed by atoms with Crippen molar-refractivity contribution < 1.29 is 0 Å². The van der Waals surface area contributed by atoms with Crippen molar-refractivity contribution in [3.8, 4) is 0 Å². The number of aromatic nitrogens is 2. The van der Waals surface area contributed by atoms with Gasteiger partial charge in [-0.25, -0.2) is 4.98 Å². The van der Waals surface area contributed by atoms with E-state index in [1.807, 2.05) is 0 Å². The van der Waals surface area contributed by atoms with E-state index in [1.54, 1.807) is 0 Å². The first-order valence-electron chi connectivity index (χ1n) is 13.3. The molecule has 192 valence electrons. The number of pyridine rings is 1. The summed E-state index contributed by atoms with van der Waals surface area (Å²) in [6, 6.07) is 4.98. The number of aryl methyl sites for hydroxylation is 1. The van der Waals surface area contributed by atoms with Gasteiger partial charge in [-0.2, -0.15) is 0 Å². The Kier molecular flexibility index (Phi) is 9.99. The number of allylic oxidation sites excluding steroid dienone is 4. The second kappa shape index (κ2) is 12.9. The third kappa shape index (κ3) is 6.36. The lowest BCUT2D eigenvalue weighted by Crippen LogP contribution is -2.43. The number of nitrogens with one attached hydrogen (secondary N) is 2. The zero-order valence-electron chi connectivity index (χ0n) is 22.7. The van der Waals surface area contributed by atoms with Crippen molar-refractivity contribution in [1.82, 2.24) is 24.7 Å². The van der Waals surface area contributed by atoms with Gasteiger partial charge in [0.05, 0.1) is 0 Å². The summed E-state index contributed by atoms with van der Waals surface area (Å²) in [4.78, 5) is 9.99. The lowest BCUT2D eigenvalue weighted by Gasteiger charge is -2.35. The Morgan fingerprint density at radius 3 is 2.49 bits per heavy atom. The zero-order chi connectivity index (χ0) is 25.4. The maximum absolute atomic E-state index is 5.05. The van der Waals surface area contributed by atoms with E-state index in [1.165, 1.54) is 40.9 Å². The molecular weight excluding hydrogens is 432 g/mol. The van der Waals surface area contributed by atoms with Gasteiger partial charge in [0, 0.05) is 61.7 Å². The van der Waals surface area contributed by atoms with Crippen LogP contribution < -0.4 is 10.6 Å². The first-order chi connectivity index (χ1) is 17.0. The first kappa shape index (κ1) is 27.0. The van der Waals surface area contributed by atoms with E-state index in [-0.39, 0.29) is 0 Å². The van der Waals surface area contributed by atoms with E-state index in [9.17, 15) is 0 Å². The van der Waals surface area contributed by atoms with Crippen molar-refractivity contribution in [1.29, 1.82) is 0 Å². The second-order valence-corrected chi connectivity index (χ2v) is 9.61. The number of fused-ring (bicyclic) bond motifs is 3. The predicted molar refractivity (Wildman–Crippen MR) is 151 cm³/mol. The van der Waals surface area contributed by atoms with Crippen LogP contribution in [0.3, 0.4) is 0 Å². The van der Waals surface area contributed by atoms with Crippen molar-refractivity contribution in [3.63, 3.8) is 0 Å². The van der Waals surface area contributed by atoms with Crippen LogP contribution in [0.25, 0.3) is 11.0 Å². The molecule has 0 bridgehead atoms. The van der Waals surface area contributed by atoms with Crippen LogP contribution in [0, 0.1) is 0 Å². The Labute approximate surface area is 212 Å². The van der Waals surface area contributed by atoms with Gasteiger partial charge in [-0.3, -0.25) is 0 Å². The van der Waals surface area contributed by atoms with Crippen LogP contribution in [0.15, 0.2) is 48.8 Å². The van der Waals surface area contributed by atoms with Crippen LogP contribution in [0.2, 0.25) is 0 Å². The lowest BCUT2D eigenvalue weighted by atomic mass is 10.0. The van der Waals surface area contributed by atoms with E-state index in [2.05, 4.69) is 97.4 Å². The standard InChI is InChI=1S/C27H42N6.C2H4/c1-6-20(11-12-22(7-2)33-17-15-31(4)16-18-33)29-26-14-13-23-24-19-21(28-3)9-8-10-25(24)32(5)27(23)30-26;1-2/h11-14,21,28H,6-10,15-19H2,1-5H3,(H,29,30);1-2H2/b20-11+,22-12+;. The Hall–Kier alpha value is -2.57. The van der Waals surface area contributed by atoms with Gasteiger partial charge in [0.15, 0.2) is 0 Å². The molecule has 1 fully saturated rings. The van der Waals surface area contributed by atoms with Crippen molar-refractivity contribution in [2.45, 2.75) is 58.4 Å². The quantitative estimate of drug-likeness (QED) is 0.330. The molecule has 6 nitrogen and oxygen atoms in total. The van der Waals surface area contributed by atoms with Crippen molar-refractivity contribution in [2.75, 3.05) is 45.6 Å². The molecule has 2 aliphatic rings. The molecule has 0 aromatic carbocycles. The highest BCUT2D eigenvalue weighted by Gasteiger charge is 2.22. The molecule has 0 amide bonds. The fourth-order valence-corrected chi connectivity index (χ4v) is 5.30. The topological polar surface area (TPSA) is 48.4 Å². The zero-order valence-corrected chi connectivity index (χ0v) is 22.7. The van der Waals surface area contributed by atoms with Crippen molar-refractivity contribution >= 4 is 16.9 Å². The smallest absolute Gasteiger partial charge is 0.142 e. The van der Waals surface area contributed by atoms with Crippen LogP contribution in [0.5, 0.6) is 0 Å². The molecule has 4 rings (SSSR count). The Morgan fingerprint density at radius 1 is 1.09 bits per heavy atom. The summed E-state index contributed by atoms with van der Waals surface area (Å²) in [7, 11) is 6.47. The number of rotatable bonds is 7. The lowest BCUT2D eigenvalue weighted by molar-refractivity contribution is 0.183. The summed E-state index contributed by atoms with van der Waals surface area (Å²) >= 11 is 0. The molecule has 1 aliphatic heterocycles. The van der Waals surface area contributed by atoms with Gasteiger partial charge in [0.2, 0.25) is 0 Å². The molecule has 0 saturated carbocycles. The molecule has 3 heterocycles. The molecule has 35 heavy (non-hydrogen) atoms. The van der Waals surface area contributed by atoms with Crippen molar-refractivity contribution in [3.05, 3.63) is 60.1 Å². The van der Waals surface area contributed by atoms with Gasteiger partial charge in [-0.1, -0.05) is 13.8 Å². The molecule has 0 spiro atoms. The van der Waals surface area contributed by atoms with E-state index >= 15 is 0 Å². The van der Waals surface area contributed by atoms with Gasteiger partial charge < -0.3 is 25.0 Å². The highest BCUT2D eigenvalue weighted by atomic mass is 15.2. The number of hydrogen-bond donors (Lipinski definition) is 2. The molecule has 2 aromatic heterocycles. The first-order valence-corrected chi connectivity index (χ1v) is 13.3. The molecule has 2 N–H and O–H groups in total. The molecule has 6 heteroatoms. The van der Waals surface area contributed by atoms with E-state index < -0.39 is 0 Å². The number of anilines is 1. The number of hydrogen-bond acceptors (Lipinski definition) is 5. The Balaban J connectivity index is 0.00000167. The van der Waals surface area contributed by atoms with Crippen LogP contribution in [0.1, 0.15) is 50.8 Å². The molecule has 0 radical (unpaired) electrons. The average molecular weight is 479 g/mol. The van der Waals surface area contributed by atoms with E-state index in [0.717, 1.165) is 63.3 Å². The van der Waals surface area contributed by atoms with Crippen LogP contribution >= 0.6 is 0 Å². The number of nitrogens with zero attached hydrogens (tertiary/aromatic N) is 4.